The maximum Gasteiger partial charge on any atom is 0.490 e. The van der Waals surface area contributed by atoms with E-state index >= 15 is 0 Å². The highest BCUT2D eigenvalue weighted by Gasteiger charge is 2.55. The molecule has 2 fully saturated rings. The van der Waals surface area contributed by atoms with Gasteiger partial charge in [0.25, 0.3) is 5.92 Å². The van der Waals surface area contributed by atoms with Crippen molar-refractivity contribution in [2.75, 3.05) is 19.6 Å². The van der Waals surface area contributed by atoms with Crippen LogP contribution in [0.3, 0.4) is 0 Å². The van der Waals surface area contributed by atoms with Crippen LogP contribution in [0, 0.1) is 12.3 Å². The van der Waals surface area contributed by atoms with E-state index in [1.165, 1.54) is 0 Å². The number of alkyl halides is 5. The first-order valence-electron chi connectivity index (χ1n) is 11.3. The van der Waals surface area contributed by atoms with Gasteiger partial charge in [-0.25, -0.2) is 13.6 Å². The summed E-state index contributed by atoms with van der Waals surface area (Å²) in [5.41, 5.74) is 1.63. The number of halogens is 5. The zero-order valence-electron chi connectivity index (χ0n) is 20.2. The van der Waals surface area contributed by atoms with E-state index < -0.39 is 23.5 Å². The molecule has 1 spiro atoms. The van der Waals surface area contributed by atoms with Gasteiger partial charge in [0.1, 0.15) is 0 Å². The zero-order valence-corrected chi connectivity index (χ0v) is 20.2. The Balaban J connectivity index is 0.000000454. The van der Waals surface area contributed by atoms with Gasteiger partial charge in [0.2, 0.25) is 5.91 Å². The number of carboxylic acids is 1. The monoisotopic (exact) mass is 520 g/mol. The smallest absolute Gasteiger partial charge is 0.475 e. The fourth-order valence-electron chi connectivity index (χ4n) is 4.94. The summed E-state index contributed by atoms with van der Waals surface area (Å²) in [7, 11) is 3.65. The first-order chi connectivity index (χ1) is 16.6. The molecule has 4 rings (SSSR count). The molecular weight excluding hydrogens is 491 g/mol. The Bertz CT molecular complexity index is 1100. The highest BCUT2D eigenvalue weighted by Crippen LogP contribution is 2.45. The molecule has 0 aliphatic carbocycles. The van der Waals surface area contributed by atoms with Crippen LogP contribution in [0.4, 0.5) is 22.0 Å². The fourth-order valence-corrected chi connectivity index (χ4v) is 4.94. The van der Waals surface area contributed by atoms with Crippen molar-refractivity contribution in [3.63, 3.8) is 0 Å². The maximum absolute atomic E-state index is 14.8. The van der Waals surface area contributed by atoms with Crippen molar-refractivity contribution in [1.29, 1.82) is 0 Å². The molecule has 9 nitrogen and oxygen atoms in total. The summed E-state index contributed by atoms with van der Waals surface area (Å²) in [5, 5.41) is 15.6. The number of rotatable bonds is 4. The molecular formula is C22H29F5N6O3. The normalized spacial score (nSPS) is 22.4. The number of aromatic nitrogens is 4. The van der Waals surface area contributed by atoms with Crippen molar-refractivity contribution in [3.05, 3.63) is 35.4 Å². The number of hydrogen-bond acceptors (Lipinski definition) is 5. The average molecular weight is 521 g/mol. The van der Waals surface area contributed by atoms with Crippen LogP contribution < -0.4 is 0 Å². The summed E-state index contributed by atoms with van der Waals surface area (Å²) >= 11 is 0. The minimum absolute atomic E-state index is 0.156. The van der Waals surface area contributed by atoms with Crippen molar-refractivity contribution in [3.8, 4) is 0 Å². The second kappa shape index (κ2) is 10.1. The van der Waals surface area contributed by atoms with Crippen LogP contribution in [0.2, 0.25) is 0 Å². The van der Waals surface area contributed by atoms with Crippen LogP contribution in [0.15, 0.2) is 18.3 Å². The Kier molecular flexibility index (Phi) is 7.77. The molecule has 2 aliphatic rings. The molecule has 200 valence electrons. The van der Waals surface area contributed by atoms with E-state index in [9.17, 15) is 26.7 Å². The molecule has 2 saturated heterocycles. The van der Waals surface area contributed by atoms with Crippen molar-refractivity contribution in [1.82, 2.24) is 29.4 Å². The lowest BCUT2D eigenvalue weighted by atomic mass is 9.71. The third-order valence-electron chi connectivity index (χ3n) is 6.40. The van der Waals surface area contributed by atoms with E-state index in [-0.39, 0.29) is 18.9 Å². The van der Waals surface area contributed by atoms with Crippen LogP contribution in [0.25, 0.3) is 0 Å². The largest absolute Gasteiger partial charge is 0.490 e. The van der Waals surface area contributed by atoms with Gasteiger partial charge in [0.05, 0.1) is 35.6 Å². The number of likely N-dealkylation sites (tertiary alicyclic amines) is 2. The average Bonchev–Trinajstić information content (AvgIpc) is 3.28. The van der Waals surface area contributed by atoms with Gasteiger partial charge in [-0.15, -0.1) is 0 Å². The van der Waals surface area contributed by atoms with E-state index in [2.05, 4.69) is 10.2 Å². The molecule has 0 saturated carbocycles. The molecule has 36 heavy (non-hydrogen) atoms. The molecule has 2 aromatic rings. The Hall–Kier alpha value is -3.03. The molecule has 1 N–H and O–H groups in total. The SMILES string of the molecule is Cc1cc(CN2CCCC3(CN(Cc4ccnn4C)CC(F)(F)C3)C2=O)n(C)n1.O=C(O)C(F)(F)F. The van der Waals surface area contributed by atoms with Gasteiger partial charge in [-0.1, -0.05) is 0 Å². The summed E-state index contributed by atoms with van der Waals surface area (Å²) < 4.78 is 64.7. The number of aryl methyl sites for hydroxylation is 3. The Labute approximate surface area is 204 Å². The van der Waals surface area contributed by atoms with Gasteiger partial charge in [-0.2, -0.15) is 23.4 Å². The van der Waals surface area contributed by atoms with Gasteiger partial charge in [-0.3, -0.25) is 19.1 Å². The number of nitrogens with zero attached hydrogens (tertiary/aromatic N) is 6. The number of carbonyl (C=O) groups is 2. The third-order valence-corrected chi connectivity index (χ3v) is 6.40. The van der Waals surface area contributed by atoms with E-state index in [4.69, 9.17) is 9.90 Å². The Morgan fingerprint density at radius 1 is 1.14 bits per heavy atom. The number of amides is 1. The lowest BCUT2D eigenvalue weighted by Crippen LogP contribution is -2.60. The van der Waals surface area contributed by atoms with E-state index in [1.54, 1.807) is 32.4 Å². The van der Waals surface area contributed by atoms with Crippen LogP contribution in [-0.4, -0.2) is 78.1 Å². The quantitative estimate of drug-likeness (QED) is 0.623. The summed E-state index contributed by atoms with van der Waals surface area (Å²) in [6.45, 7) is 3.30. The molecule has 14 heteroatoms. The fraction of sp³-hybridized carbons (Fsp3) is 0.636. The lowest BCUT2D eigenvalue weighted by Gasteiger charge is -2.49. The molecule has 2 aromatic heterocycles. The van der Waals surface area contributed by atoms with Crippen molar-refractivity contribution >= 4 is 11.9 Å². The van der Waals surface area contributed by atoms with Crippen LogP contribution >= 0.6 is 0 Å². The van der Waals surface area contributed by atoms with Crippen molar-refractivity contribution in [2.45, 2.75) is 51.4 Å². The van der Waals surface area contributed by atoms with Crippen LogP contribution in [0.1, 0.15) is 36.3 Å². The van der Waals surface area contributed by atoms with Gasteiger partial charge < -0.3 is 10.0 Å². The standard InChI is InChI=1S/C20H28F2N6O.C2HF3O2/c1-15-9-17(26(3)24-15)11-28-8-4-6-19(18(28)29)12-20(21,22)14-27(13-19)10-16-5-7-23-25(16)2;3-2(4,5)1(6)7/h5,7,9H,4,6,8,10-14H2,1-3H3;(H,6,7). The molecule has 0 bridgehead atoms. The predicted octanol–water partition coefficient (Wildman–Crippen LogP) is 2.75. The zero-order chi connectivity index (χ0) is 26.9. The highest BCUT2D eigenvalue weighted by atomic mass is 19.4. The summed E-state index contributed by atoms with van der Waals surface area (Å²) in [5.74, 6) is -5.80. The first-order valence-corrected chi connectivity index (χ1v) is 11.3. The molecule has 4 heterocycles. The van der Waals surface area contributed by atoms with Gasteiger partial charge in [0.15, 0.2) is 0 Å². The molecule has 1 amide bonds. The van der Waals surface area contributed by atoms with Crippen LogP contribution in [0.5, 0.6) is 0 Å². The molecule has 1 unspecified atom stereocenters. The number of carboxylic acid groups (broad SMARTS) is 1. The molecule has 0 aromatic carbocycles. The second-order valence-electron chi connectivity index (χ2n) is 9.44. The predicted molar refractivity (Wildman–Crippen MR) is 117 cm³/mol. The van der Waals surface area contributed by atoms with Gasteiger partial charge >= 0.3 is 12.1 Å². The number of carbonyl (C=O) groups excluding carboxylic acids is 1. The van der Waals surface area contributed by atoms with Crippen molar-refractivity contribution < 1.29 is 36.6 Å². The third kappa shape index (κ3) is 6.39. The molecule has 1 atom stereocenters. The van der Waals surface area contributed by atoms with Crippen LogP contribution in [-0.2, 0) is 36.8 Å². The summed E-state index contributed by atoms with van der Waals surface area (Å²) in [4.78, 5) is 25.8. The number of aliphatic carboxylic acids is 1. The summed E-state index contributed by atoms with van der Waals surface area (Å²) in [6.07, 6.45) is -2.55. The minimum Gasteiger partial charge on any atom is -0.475 e. The van der Waals surface area contributed by atoms with Gasteiger partial charge in [-0.05, 0) is 31.9 Å². The summed E-state index contributed by atoms with van der Waals surface area (Å²) in [6, 6.07) is 3.78. The number of hydrogen-bond donors (Lipinski definition) is 1. The molecule has 2 aliphatic heterocycles. The Morgan fingerprint density at radius 3 is 2.33 bits per heavy atom. The topological polar surface area (TPSA) is 96.5 Å². The lowest BCUT2D eigenvalue weighted by molar-refractivity contribution is -0.192. The first kappa shape index (κ1) is 27.6. The van der Waals surface area contributed by atoms with E-state index in [0.29, 0.717) is 32.6 Å². The second-order valence-corrected chi connectivity index (χ2v) is 9.44. The molecule has 0 radical (unpaired) electrons. The number of piperidine rings is 2. The van der Waals surface area contributed by atoms with Crippen molar-refractivity contribution in [2.24, 2.45) is 19.5 Å². The van der Waals surface area contributed by atoms with E-state index in [0.717, 1.165) is 23.5 Å². The van der Waals surface area contributed by atoms with Gasteiger partial charge in [0, 0.05) is 46.3 Å². The van der Waals surface area contributed by atoms with E-state index in [1.807, 2.05) is 26.1 Å². The highest BCUT2D eigenvalue weighted by molar-refractivity contribution is 5.84. The minimum atomic E-state index is -5.08. The maximum atomic E-state index is 14.8. The Morgan fingerprint density at radius 2 is 1.81 bits per heavy atom.